The van der Waals surface area contributed by atoms with Crippen molar-refractivity contribution in [2.75, 3.05) is 6.61 Å². The first-order valence-corrected chi connectivity index (χ1v) is 3.43. The molecule has 1 aliphatic heterocycles. The molecule has 0 aromatic rings. The van der Waals surface area contributed by atoms with E-state index >= 15 is 0 Å². The predicted octanol–water partition coefficient (Wildman–Crippen LogP) is -2.02. The SMILES string of the molecule is OC[C@H]1O[C@@](O)(Cl)[C@@H](O)[C@@H]1O. The number of hydrogen-bond acceptors (Lipinski definition) is 5. The average molecular weight is 185 g/mol. The summed E-state index contributed by atoms with van der Waals surface area (Å²) >= 11 is 5.20. The number of aliphatic hydroxyl groups excluding tert-OH is 3. The lowest BCUT2D eigenvalue weighted by atomic mass is 10.1. The quantitative estimate of drug-likeness (QED) is 0.354. The zero-order chi connectivity index (χ0) is 8.65. The minimum absolute atomic E-state index is 0.507. The van der Waals surface area contributed by atoms with Gasteiger partial charge in [-0.1, -0.05) is 11.6 Å². The molecule has 1 aliphatic rings. The average Bonchev–Trinajstić information content (AvgIpc) is 2.13. The van der Waals surface area contributed by atoms with Crippen molar-refractivity contribution in [1.29, 1.82) is 0 Å². The first-order chi connectivity index (χ1) is 4.99. The third-order valence-electron chi connectivity index (χ3n) is 1.57. The number of hydrogen-bond donors (Lipinski definition) is 4. The zero-order valence-corrected chi connectivity index (χ0v) is 6.27. The van der Waals surface area contributed by atoms with E-state index in [1.165, 1.54) is 0 Å². The smallest absolute Gasteiger partial charge is 0.276 e. The van der Waals surface area contributed by atoms with Gasteiger partial charge in [0.1, 0.15) is 12.2 Å². The van der Waals surface area contributed by atoms with E-state index in [0.29, 0.717) is 0 Å². The molecule has 1 rings (SSSR count). The van der Waals surface area contributed by atoms with E-state index < -0.39 is 30.2 Å². The third kappa shape index (κ3) is 1.48. The number of rotatable bonds is 1. The fourth-order valence-electron chi connectivity index (χ4n) is 0.911. The molecule has 0 unspecified atom stereocenters. The van der Waals surface area contributed by atoms with Crippen LogP contribution in [-0.2, 0) is 4.74 Å². The maximum atomic E-state index is 9.01. The summed E-state index contributed by atoms with van der Waals surface area (Å²) in [6.45, 7) is -0.507. The molecule has 0 aliphatic carbocycles. The summed E-state index contributed by atoms with van der Waals surface area (Å²) in [4.78, 5) is 0. The molecule has 66 valence electrons. The molecule has 0 radical (unpaired) electrons. The van der Waals surface area contributed by atoms with E-state index in [1.807, 2.05) is 0 Å². The Balaban J connectivity index is 2.69. The van der Waals surface area contributed by atoms with Gasteiger partial charge in [0.25, 0.3) is 5.25 Å². The molecule has 0 saturated carbocycles. The van der Waals surface area contributed by atoms with Gasteiger partial charge in [-0.05, 0) is 0 Å². The van der Waals surface area contributed by atoms with Gasteiger partial charge in [-0.15, -0.1) is 0 Å². The molecular formula is C5H9ClO5. The molecule has 1 fully saturated rings. The highest BCUT2D eigenvalue weighted by atomic mass is 35.5. The highest BCUT2D eigenvalue weighted by Crippen LogP contribution is 2.31. The lowest BCUT2D eigenvalue weighted by Gasteiger charge is -2.16. The number of alkyl halides is 1. The minimum atomic E-state index is -2.28. The summed E-state index contributed by atoms with van der Waals surface area (Å²) in [6.07, 6.45) is -3.99. The number of ether oxygens (including phenoxy) is 1. The van der Waals surface area contributed by atoms with Crippen molar-refractivity contribution in [3.05, 3.63) is 0 Å². The predicted molar refractivity (Wildman–Crippen MR) is 34.8 cm³/mol. The van der Waals surface area contributed by atoms with E-state index in [4.69, 9.17) is 32.0 Å². The summed E-state index contributed by atoms with van der Waals surface area (Å²) in [5, 5.41) is 33.2. The van der Waals surface area contributed by atoms with Crippen molar-refractivity contribution in [2.45, 2.75) is 23.6 Å². The summed E-state index contributed by atoms with van der Waals surface area (Å²) in [7, 11) is 0. The molecule has 4 N–H and O–H groups in total. The normalized spacial score (nSPS) is 51.5. The molecule has 11 heavy (non-hydrogen) atoms. The van der Waals surface area contributed by atoms with E-state index in [-0.39, 0.29) is 0 Å². The van der Waals surface area contributed by atoms with Crippen LogP contribution in [0.15, 0.2) is 0 Å². The Bertz CT molecular complexity index is 150. The van der Waals surface area contributed by atoms with Crippen molar-refractivity contribution >= 4 is 11.6 Å². The van der Waals surface area contributed by atoms with E-state index in [2.05, 4.69) is 4.74 Å². The van der Waals surface area contributed by atoms with Crippen molar-refractivity contribution < 1.29 is 25.2 Å². The van der Waals surface area contributed by atoms with Gasteiger partial charge < -0.3 is 25.2 Å². The van der Waals surface area contributed by atoms with Crippen molar-refractivity contribution in [1.82, 2.24) is 0 Å². The van der Waals surface area contributed by atoms with Crippen LogP contribution >= 0.6 is 11.6 Å². The van der Waals surface area contributed by atoms with E-state index in [1.54, 1.807) is 0 Å². The molecule has 4 atom stereocenters. The van der Waals surface area contributed by atoms with Gasteiger partial charge in [0.2, 0.25) is 0 Å². The van der Waals surface area contributed by atoms with Crippen LogP contribution in [0, 0.1) is 0 Å². The molecule has 5 nitrogen and oxygen atoms in total. The number of halogens is 1. The Hall–Kier alpha value is 0.0900. The molecule has 0 spiro atoms. The lowest BCUT2D eigenvalue weighted by Crippen LogP contribution is -2.38. The zero-order valence-electron chi connectivity index (χ0n) is 5.51. The van der Waals surface area contributed by atoms with Crippen molar-refractivity contribution in [3.63, 3.8) is 0 Å². The number of aliphatic hydroxyl groups is 4. The van der Waals surface area contributed by atoms with Gasteiger partial charge in [0.15, 0.2) is 6.10 Å². The Morgan fingerprint density at radius 3 is 2.18 bits per heavy atom. The van der Waals surface area contributed by atoms with Gasteiger partial charge in [-0.25, -0.2) is 0 Å². The molecule has 0 aromatic heterocycles. The Morgan fingerprint density at radius 1 is 1.45 bits per heavy atom. The highest BCUT2D eigenvalue weighted by molar-refractivity contribution is 6.22. The minimum Gasteiger partial charge on any atom is -0.394 e. The standard InChI is InChI=1S/C5H9ClO5/c6-5(10)4(9)3(8)2(1-7)11-5/h2-4,7-10H,1H2/t2-,3-,4+,5-/m1/s1. The highest BCUT2D eigenvalue weighted by Gasteiger charge is 2.52. The lowest BCUT2D eigenvalue weighted by molar-refractivity contribution is -0.169. The first kappa shape index (κ1) is 9.18. The molecule has 0 aromatic carbocycles. The second kappa shape index (κ2) is 2.85. The molecule has 0 bridgehead atoms. The van der Waals surface area contributed by atoms with Crippen LogP contribution < -0.4 is 0 Å². The molecular weight excluding hydrogens is 176 g/mol. The Kier molecular flexibility index (Phi) is 2.38. The summed E-state index contributed by atoms with van der Waals surface area (Å²) in [5.74, 6) is 0. The Labute approximate surface area is 67.8 Å². The summed E-state index contributed by atoms with van der Waals surface area (Å²) < 4.78 is 4.49. The van der Waals surface area contributed by atoms with Crippen LogP contribution in [-0.4, -0.2) is 50.6 Å². The van der Waals surface area contributed by atoms with Gasteiger partial charge in [-0.2, -0.15) is 0 Å². The van der Waals surface area contributed by atoms with E-state index in [0.717, 1.165) is 0 Å². The summed E-state index contributed by atoms with van der Waals surface area (Å²) in [5.41, 5.74) is 0. The van der Waals surface area contributed by atoms with Gasteiger partial charge in [0, 0.05) is 0 Å². The molecule has 1 heterocycles. The van der Waals surface area contributed by atoms with Crippen LogP contribution in [0.2, 0.25) is 0 Å². The van der Waals surface area contributed by atoms with Gasteiger partial charge in [-0.3, -0.25) is 0 Å². The van der Waals surface area contributed by atoms with Crippen molar-refractivity contribution in [2.24, 2.45) is 0 Å². The van der Waals surface area contributed by atoms with Crippen LogP contribution in [0.1, 0.15) is 0 Å². The third-order valence-corrected chi connectivity index (χ3v) is 1.88. The maximum Gasteiger partial charge on any atom is 0.276 e. The topological polar surface area (TPSA) is 90.2 Å². The fourth-order valence-corrected chi connectivity index (χ4v) is 1.15. The Morgan fingerprint density at radius 2 is 2.00 bits per heavy atom. The molecule has 6 heteroatoms. The second-order valence-corrected chi connectivity index (χ2v) is 2.92. The molecule has 0 amide bonds. The largest absolute Gasteiger partial charge is 0.394 e. The monoisotopic (exact) mass is 184 g/mol. The van der Waals surface area contributed by atoms with Crippen LogP contribution in [0.3, 0.4) is 0 Å². The second-order valence-electron chi connectivity index (χ2n) is 2.38. The summed E-state index contributed by atoms with van der Waals surface area (Å²) in [6, 6.07) is 0. The maximum absolute atomic E-state index is 9.01. The van der Waals surface area contributed by atoms with Gasteiger partial charge in [0.05, 0.1) is 6.61 Å². The fraction of sp³-hybridized carbons (Fsp3) is 1.00. The van der Waals surface area contributed by atoms with E-state index in [9.17, 15) is 0 Å². The van der Waals surface area contributed by atoms with Crippen LogP contribution in [0.25, 0.3) is 0 Å². The van der Waals surface area contributed by atoms with Crippen molar-refractivity contribution in [3.8, 4) is 0 Å². The molecule has 1 saturated heterocycles. The van der Waals surface area contributed by atoms with Crippen LogP contribution in [0.4, 0.5) is 0 Å². The van der Waals surface area contributed by atoms with Crippen LogP contribution in [0.5, 0.6) is 0 Å². The van der Waals surface area contributed by atoms with Gasteiger partial charge >= 0.3 is 0 Å². The first-order valence-electron chi connectivity index (χ1n) is 3.05.